The number of hydrogen-bond acceptors (Lipinski definition) is 3. The van der Waals surface area contributed by atoms with E-state index >= 15 is 0 Å². The summed E-state index contributed by atoms with van der Waals surface area (Å²) in [7, 11) is 3.27. The summed E-state index contributed by atoms with van der Waals surface area (Å²) >= 11 is 0. The monoisotopic (exact) mass is 265 g/mol. The number of nitrogens with one attached hydrogen (secondary N) is 2. The number of urea groups is 1. The number of para-hydroxylation sites is 1. The number of amides is 2. The number of carbonyl (C=O) groups is 2. The molecule has 3 N–H and O–H groups in total. The van der Waals surface area contributed by atoms with Gasteiger partial charge in [-0.1, -0.05) is 18.2 Å². The van der Waals surface area contributed by atoms with E-state index in [-0.39, 0.29) is 0 Å². The minimum atomic E-state index is -1.04. The van der Waals surface area contributed by atoms with Crippen LogP contribution in [0.5, 0.6) is 0 Å². The summed E-state index contributed by atoms with van der Waals surface area (Å²) in [6, 6.07) is 6.05. The second-order valence-electron chi connectivity index (χ2n) is 4.24. The lowest BCUT2D eigenvalue weighted by Gasteiger charge is -2.22. The van der Waals surface area contributed by atoms with Gasteiger partial charge in [0.05, 0.1) is 0 Å². The van der Waals surface area contributed by atoms with Crippen LogP contribution in [0.4, 0.5) is 10.5 Å². The molecule has 1 rings (SSSR count). The summed E-state index contributed by atoms with van der Waals surface area (Å²) in [5, 5.41) is 14.6. The zero-order chi connectivity index (χ0) is 14.4. The fourth-order valence-corrected chi connectivity index (χ4v) is 1.53. The van der Waals surface area contributed by atoms with Crippen LogP contribution in [0.2, 0.25) is 0 Å². The lowest BCUT2D eigenvalue weighted by atomic mass is 10.2. The van der Waals surface area contributed by atoms with E-state index < -0.39 is 18.0 Å². The average molecular weight is 265 g/mol. The molecule has 1 aromatic carbocycles. The van der Waals surface area contributed by atoms with Crippen molar-refractivity contribution in [1.29, 1.82) is 0 Å². The van der Waals surface area contributed by atoms with Gasteiger partial charge in [0.1, 0.15) is 6.04 Å². The number of likely N-dealkylation sites (N-methyl/N-ethyl adjacent to an activating group) is 1. The van der Waals surface area contributed by atoms with Crippen molar-refractivity contribution in [3.8, 4) is 0 Å². The van der Waals surface area contributed by atoms with E-state index in [0.717, 1.165) is 10.5 Å². The van der Waals surface area contributed by atoms with Gasteiger partial charge in [0.15, 0.2) is 0 Å². The minimum absolute atomic E-state index is 0.446. The van der Waals surface area contributed by atoms with Crippen LogP contribution in [0, 0.1) is 0 Å². The van der Waals surface area contributed by atoms with E-state index in [1.807, 2.05) is 25.2 Å². The van der Waals surface area contributed by atoms with Gasteiger partial charge in [0, 0.05) is 19.3 Å². The molecule has 0 spiro atoms. The molecule has 1 atom stereocenters. The predicted molar refractivity (Wildman–Crippen MR) is 73.1 cm³/mol. The Morgan fingerprint density at radius 2 is 2.00 bits per heavy atom. The molecule has 6 heteroatoms. The molecule has 6 nitrogen and oxygen atoms in total. The Bertz CT molecular complexity index is 462. The van der Waals surface area contributed by atoms with Crippen molar-refractivity contribution in [2.45, 2.75) is 19.5 Å². The topological polar surface area (TPSA) is 81.7 Å². The third-order valence-electron chi connectivity index (χ3n) is 2.88. The van der Waals surface area contributed by atoms with Crippen molar-refractivity contribution in [2.24, 2.45) is 0 Å². The number of rotatable bonds is 5. The van der Waals surface area contributed by atoms with Gasteiger partial charge in [-0.15, -0.1) is 0 Å². The maximum absolute atomic E-state index is 11.9. The summed E-state index contributed by atoms with van der Waals surface area (Å²) in [5.41, 5.74) is 1.61. The number of carboxylic acid groups (broad SMARTS) is 1. The largest absolute Gasteiger partial charge is 0.480 e. The SMILES string of the molecule is CNCc1ccccc1NC(=O)N(C)C(C)C(=O)O. The zero-order valence-corrected chi connectivity index (χ0v) is 11.3. The first-order chi connectivity index (χ1) is 8.97. The van der Waals surface area contributed by atoms with Gasteiger partial charge in [-0.3, -0.25) is 0 Å². The Morgan fingerprint density at radius 3 is 2.58 bits per heavy atom. The lowest BCUT2D eigenvalue weighted by molar-refractivity contribution is -0.141. The quantitative estimate of drug-likeness (QED) is 0.750. The maximum Gasteiger partial charge on any atom is 0.326 e. The van der Waals surface area contributed by atoms with E-state index in [2.05, 4.69) is 10.6 Å². The first-order valence-electron chi connectivity index (χ1n) is 5.96. The van der Waals surface area contributed by atoms with Gasteiger partial charge in [-0.25, -0.2) is 9.59 Å². The smallest absolute Gasteiger partial charge is 0.326 e. The molecule has 0 aliphatic rings. The highest BCUT2D eigenvalue weighted by molar-refractivity contribution is 5.92. The van der Waals surface area contributed by atoms with Crippen LogP contribution in [-0.4, -0.2) is 42.1 Å². The van der Waals surface area contributed by atoms with Gasteiger partial charge in [0.25, 0.3) is 0 Å². The van der Waals surface area contributed by atoms with E-state index in [9.17, 15) is 9.59 Å². The molecule has 0 aliphatic carbocycles. The van der Waals surface area contributed by atoms with Gasteiger partial charge in [-0.05, 0) is 25.6 Å². The highest BCUT2D eigenvalue weighted by atomic mass is 16.4. The van der Waals surface area contributed by atoms with E-state index in [1.54, 1.807) is 6.07 Å². The Hall–Kier alpha value is -2.08. The molecule has 1 aromatic rings. The lowest BCUT2D eigenvalue weighted by Crippen LogP contribution is -2.42. The molecule has 19 heavy (non-hydrogen) atoms. The van der Waals surface area contributed by atoms with Crippen LogP contribution >= 0.6 is 0 Å². The standard InChI is InChI=1S/C13H19N3O3/c1-9(12(17)18)16(3)13(19)15-11-7-5-4-6-10(11)8-14-2/h4-7,9,14H,8H2,1-3H3,(H,15,19)(H,17,18). The molecule has 0 radical (unpaired) electrons. The Labute approximate surface area is 112 Å². The minimum Gasteiger partial charge on any atom is -0.480 e. The molecule has 0 aliphatic heterocycles. The summed E-state index contributed by atoms with van der Waals surface area (Å²) in [4.78, 5) is 23.9. The highest BCUT2D eigenvalue weighted by Gasteiger charge is 2.21. The molecular weight excluding hydrogens is 246 g/mol. The predicted octanol–water partition coefficient (Wildman–Crippen LogP) is 1.34. The molecule has 2 amide bonds. The second-order valence-corrected chi connectivity index (χ2v) is 4.24. The van der Waals surface area contributed by atoms with Crippen molar-refractivity contribution in [3.63, 3.8) is 0 Å². The number of carbonyl (C=O) groups excluding carboxylic acids is 1. The normalized spacial score (nSPS) is 11.7. The van der Waals surface area contributed by atoms with Gasteiger partial charge in [-0.2, -0.15) is 0 Å². The van der Waals surface area contributed by atoms with Crippen molar-refractivity contribution in [1.82, 2.24) is 10.2 Å². The van der Waals surface area contributed by atoms with Crippen LogP contribution in [0.25, 0.3) is 0 Å². The van der Waals surface area contributed by atoms with Crippen LogP contribution in [0.1, 0.15) is 12.5 Å². The summed E-state index contributed by atoms with van der Waals surface area (Å²) in [6.07, 6.45) is 0. The Balaban J connectivity index is 2.79. The van der Waals surface area contributed by atoms with Crippen LogP contribution in [0.15, 0.2) is 24.3 Å². The van der Waals surface area contributed by atoms with E-state index in [0.29, 0.717) is 12.2 Å². The van der Waals surface area contributed by atoms with Crippen molar-refractivity contribution in [3.05, 3.63) is 29.8 Å². The van der Waals surface area contributed by atoms with Gasteiger partial charge in [0.2, 0.25) is 0 Å². The number of aliphatic carboxylic acids is 1. The highest BCUT2D eigenvalue weighted by Crippen LogP contribution is 2.15. The molecule has 104 valence electrons. The number of benzene rings is 1. The fourth-order valence-electron chi connectivity index (χ4n) is 1.53. The second kappa shape index (κ2) is 6.75. The first kappa shape index (κ1) is 15.0. The van der Waals surface area contributed by atoms with E-state index in [4.69, 9.17) is 5.11 Å². The Kier molecular flexibility index (Phi) is 5.32. The van der Waals surface area contributed by atoms with Crippen molar-refractivity contribution < 1.29 is 14.7 Å². The molecule has 0 bridgehead atoms. The summed E-state index contributed by atoms with van der Waals surface area (Å²) in [6.45, 7) is 2.08. The number of carboxylic acids is 1. The van der Waals surface area contributed by atoms with Gasteiger partial charge >= 0.3 is 12.0 Å². The third kappa shape index (κ3) is 3.96. The third-order valence-corrected chi connectivity index (χ3v) is 2.88. The van der Waals surface area contributed by atoms with Gasteiger partial charge < -0.3 is 20.6 Å². The average Bonchev–Trinajstić information content (AvgIpc) is 2.39. The first-order valence-corrected chi connectivity index (χ1v) is 5.96. The summed E-state index contributed by atoms with van der Waals surface area (Å²) in [5.74, 6) is -1.04. The molecule has 0 fully saturated rings. The fraction of sp³-hybridized carbons (Fsp3) is 0.385. The number of hydrogen-bond donors (Lipinski definition) is 3. The molecule has 1 unspecified atom stereocenters. The zero-order valence-electron chi connectivity index (χ0n) is 11.3. The maximum atomic E-state index is 11.9. The van der Waals surface area contributed by atoms with Crippen molar-refractivity contribution >= 4 is 17.7 Å². The van der Waals surface area contributed by atoms with Crippen LogP contribution in [-0.2, 0) is 11.3 Å². The van der Waals surface area contributed by atoms with Crippen molar-refractivity contribution in [2.75, 3.05) is 19.4 Å². The molecule has 0 saturated carbocycles. The van der Waals surface area contributed by atoms with Crippen LogP contribution in [0.3, 0.4) is 0 Å². The van der Waals surface area contributed by atoms with Crippen LogP contribution < -0.4 is 10.6 Å². The molecule has 0 saturated heterocycles. The Morgan fingerprint density at radius 1 is 1.37 bits per heavy atom. The number of nitrogens with zero attached hydrogens (tertiary/aromatic N) is 1. The van der Waals surface area contributed by atoms with E-state index in [1.165, 1.54) is 14.0 Å². The molecule has 0 heterocycles. The number of anilines is 1. The molecule has 0 aromatic heterocycles. The summed E-state index contributed by atoms with van der Waals surface area (Å²) < 4.78 is 0. The molecular formula is C13H19N3O3.